The van der Waals surface area contributed by atoms with Crippen LogP contribution in [0, 0.1) is 0 Å². The maximum absolute atomic E-state index is 12.1. The minimum atomic E-state index is -0.117. The summed E-state index contributed by atoms with van der Waals surface area (Å²) >= 11 is 5.87. The van der Waals surface area contributed by atoms with Crippen molar-refractivity contribution in [1.29, 1.82) is 0 Å². The number of amides is 2. The lowest BCUT2D eigenvalue weighted by atomic mass is 10.3. The number of nitrogens with zero attached hydrogens (tertiary/aromatic N) is 1. The molecule has 0 aromatic heterocycles. The Kier molecular flexibility index (Phi) is 4.44. The summed E-state index contributed by atoms with van der Waals surface area (Å²) in [6.45, 7) is 0.696. The first-order valence-electron chi connectivity index (χ1n) is 6.15. The van der Waals surface area contributed by atoms with Crippen LogP contribution in [0.25, 0.3) is 0 Å². The molecule has 0 saturated heterocycles. The van der Waals surface area contributed by atoms with Crippen LogP contribution in [0.15, 0.2) is 24.3 Å². The van der Waals surface area contributed by atoms with Gasteiger partial charge < -0.3 is 15.3 Å². The highest BCUT2D eigenvalue weighted by Crippen LogP contribution is 2.27. The lowest BCUT2D eigenvalue weighted by Crippen LogP contribution is -2.37. The Balaban J connectivity index is 1.96. The number of halogens is 1. The molecular weight excluding hydrogens is 252 g/mol. The summed E-state index contributed by atoms with van der Waals surface area (Å²) in [7, 11) is 0. The molecule has 2 rings (SSSR count). The molecule has 0 heterocycles. The van der Waals surface area contributed by atoms with Gasteiger partial charge in [-0.25, -0.2) is 4.79 Å². The average Bonchev–Trinajstić information content (AvgIpc) is 3.14. The number of anilines is 1. The molecule has 0 bridgehead atoms. The molecule has 2 N–H and O–H groups in total. The highest BCUT2D eigenvalue weighted by molar-refractivity contribution is 6.30. The van der Waals surface area contributed by atoms with Crippen molar-refractivity contribution >= 4 is 23.3 Å². The molecule has 1 aromatic carbocycles. The fourth-order valence-electron chi connectivity index (χ4n) is 1.84. The molecule has 1 aromatic rings. The van der Waals surface area contributed by atoms with Gasteiger partial charge in [0.1, 0.15) is 0 Å². The predicted octanol–water partition coefficient (Wildman–Crippen LogP) is 2.72. The van der Waals surface area contributed by atoms with Gasteiger partial charge in [-0.1, -0.05) is 17.7 Å². The summed E-state index contributed by atoms with van der Waals surface area (Å²) in [6, 6.07) is 7.30. The third-order valence-corrected chi connectivity index (χ3v) is 3.12. The Morgan fingerprint density at radius 3 is 2.89 bits per heavy atom. The van der Waals surface area contributed by atoms with Gasteiger partial charge in [-0.2, -0.15) is 0 Å². The summed E-state index contributed by atoms with van der Waals surface area (Å²) in [5, 5.41) is 12.3. The van der Waals surface area contributed by atoms with Crippen molar-refractivity contribution in [1.82, 2.24) is 4.90 Å². The van der Waals surface area contributed by atoms with E-state index in [4.69, 9.17) is 16.7 Å². The molecule has 1 fully saturated rings. The van der Waals surface area contributed by atoms with Gasteiger partial charge in [0.05, 0.1) is 0 Å². The molecule has 4 nitrogen and oxygen atoms in total. The van der Waals surface area contributed by atoms with Crippen molar-refractivity contribution in [2.45, 2.75) is 25.3 Å². The smallest absolute Gasteiger partial charge is 0.322 e. The van der Waals surface area contributed by atoms with Gasteiger partial charge in [-0.15, -0.1) is 0 Å². The molecule has 1 aliphatic rings. The zero-order chi connectivity index (χ0) is 13.0. The molecule has 0 unspecified atom stereocenters. The second-order valence-electron chi connectivity index (χ2n) is 4.44. The van der Waals surface area contributed by atoms with Crippen LogP contribution in [0.5, 0.6) is 0 Å². The normalized spacial score (nSPS) is 14.3. The fourth-order valence-corrected chi connectivity index (χ4v) is 2.03. The molecule has 0 radical (unpaired) electrons. The lowest BCUT2D eigenvalue weighted by molar-refractivity contribution is 0.199. The summed E-state index contributed by atoms with van der Waals surface area (Å²) in [4.78, 5) is 13.9. The van der Waals surface area contributed by atoms with Crippen molar-refractivity contribution in [2.24, 2.45) is 0 Å². The van der Waals surface area contributed by atoms with Crippen LogP contribution < -0.4 is 5.32 Å². The zero-order valence-electron chi connectivity index (χ0n) is 10.1. The zero-order valence-corrected chi connectivity index (χ0v) is 10.9. The second kappa shape index (κ2) is 6.07. The summed E-state index contributed by atoms with van der Waals surface area (Å²) in [6.07, 6.45) is 2.71. The van der Waals surface area contributed by atoms with Crippen LogP contribution in [0.2, 0.25) is 5.02 Å². The van der Waals surface area contributed by atoms with Crippen LogP contribution in [-0.2, 0) is 0 Å². The Labute approximate surface area is 112 Å². The number of carbonyl (C=O) groups excluding carboxylic acids is 1. The van der Waals surface area contributed by atoms with Crippen molar-refractivity contribution < 1.29 is 9.90 Å². The van der Waals surface area contributed by atoms with Gasteiger partial charge >= 0.3 is 6.03 Å². The lowest BCUT2D eigenvalue weighted by Gasteiger charge is -2.22. The SMILES string of the molecule is O=C(Nc1cccc(Cl)c1)N(CCCO)C1CC1. The number of nitrogens with one attached hydrogen (secondary N) is 1. The van der Waals surface area contributed by atoms with E-state index in [1.807, 2.05) is 0 Å². The minimum absolute atomic E-state index is 0.105. The number of carbonyl (C=O) groups is 1. The average molecular weight is 269 g/mol. The fraction of sp³-hybridized carbons (Fsp3) is 0.462. The minimum Gasteiger partial charge on any atom is -0.396 e. The van der Waals surface area contributed by atoms with Gasteiger partial charge in [-0.3, -0.25) is 0 Å². The largest absolute Gasteiger partial charge is 0.396 e. The second-order valence-corrected chi connectivity index (χ2v) is 4.88. The molecule has 0 spiro atoms. The predicted molar refractivity (Wildman–Crippen MR) is 71.9 cm³/mol. The molecule has 2 amide bonds. The summed E-state index contributed by atoms with van der Waals surface area (Å²) in [5.74, 6) is 0. The van der Waals surface area contributed by atoms with Crippen LogP contribution in [0.4, 0.5) is 10.5 Å². The summed E-state index contributed by atoms with van der Waals surface area (Å²) < 4.78 is 0. The van der Waals surface area contributed by atoms with E-state index < -0.39 is 0 Å². The Morgan fingerprint density at radius 2 is 2.28 bits per heavy atom. The first kappa shape index (κ1) is 13.2. The molecule has 0 aliphatic heterocycles. The van der Waals surface area contributed by atoms with Crippen molar-refractivity contribution in [3.63, 3.8) is 0 Å². The third-order valence-electron chi connectivity index (χ3n) is 2.88. The van der Waals surface area contributed by atoms with E-state index in [1.165, 1.54) is 0 Å². The number of benzene rings is 1. The first-order chi connectivity index (χ1) is 8.70. The van der Waals surface area contributed by atoms with E-state index in [0.29, 0.717) is 29.7 Å². The van der Waals surface area contributed by atoms with E-state index >= 15 is 0 Å². The topological polar surface area (TPSA) is 52.6 Å². The number of hydrogen-bond acceptors (Lipinski definition) is 2. The Bertz CT molecular complexity index is 421. The highest BCUT2D eigenvalue weighted by atomic mass is 35.5. The molecule has 1 aliphatic carbocycles. The number of hydrogen-bond donors (Lipinski definition) is 2. The number of aliphatic hydroxyl groups is 1. The van der Waals surface area contributed by atoms with Crippen LogP contribution in [-0.4, -0.2) is 35.2 Å². The quantitative estimate of drug-likeness (QED) is 0.863. The van der Waals surface area contributed by atoms with Crippen molar-refractivity contribution in [2.75, 3.05) is 18.5 Å². The van der Waals surface area contributed by atoms with E-state index in [0.717, 1.165) is 12.8 Å². The molecule has 98 valence electrons. The van der Waals surface area contributed by atoms with Crippen molar-refractivity contribution in [3.05, 3.63) is 29.3 Å². The molecular formula is C13H17ClN2O2. The standard InChI is InChI=1S/C13H17ClN2O2/c14-10-3-1-4-11(9-10)15-13(18)16(7-2-8-17)12-5-6-12/h1,3-4,9,12,17H,2,5-8H2,(H,15,18). The van der Waals surface area contributed by atoms with E-state index in [9.17, 15) is 4.79 Å². The number of aliphatic hydroxyl groups excluding tert-OH is 1. The molecule has 5 heteroatoms. The first-order valence-corrected chi connectivity index (χ1v) is 6.52. The monoisotopic (exact) mass is 268 g/mol. The number of urea groups is 1. The molecule has 0 atom stereocenters. The van der Waals surface area contributed by atoms with Crippen LogP contribution in [0.1, 0.15) is 19.3 Å². The van der Waals surface area contributed by atoms with Crippen LogP contribution in [0.3, 0.4) is 0 Å². The van der Waals surface area contributed by atoms with Gasteiger partial charge in [0.15, 0.2) is 0 Å². The van der Waals surface area contributed by atoms with Gasteiger partial charge in [0, 0.05) is 29.9 Å². The Morgan fingerprint density at radius 1 is 1.50 bits per heavy atom. The van der Waals surface area contributed by atoms with Gasteiger partial charge in [0.25, 0.3) is 0 Å². The van der Waals surface area contributed by atoms with E-state index in [-0.39, 0.29) is 12.6 Å². The summed E-state index contributed by atoms with van der Waals surface area (Å²) in [5.41, 5.74) is 0.696. The molecule has 1 saturated carbocycles. The van der Waals surface area contributed by atoms with Crippen LogP contribution >= 0.6 is 11.6 Å². The highest BCUT2D eigenvalue weighted by Gasteiger charge is 2.32. The maximum Gasteiger partial charge on any atom is 0.322 e. The molecule has 18 heavy (non-hydrogen) atoms. The number of rotatable bonds is 5. The Hall–Kier alpha value is -1.26. The maximum atomic E-state index is 12.1. The van der Waals surface area contributed by atoms with Crippen molar-refractivity contribution in [3.8, 4) is 0 Å². The van der Waals surface area contributed by atoms with E-state index in [1.54, 1.807) is 29.2 Å². The van der Waals surface area contributed by atoms with Gasteiger partial charge in [0.2, 0.25) is 0 Å². The third kappa shape index (κ3) is 3.62. The van der Waals surface area contributed by atoms with Gasteiger partial charge in [-0.05, 0) is 37.5 Å². The van der Waals surface area contributed by atoms with E-state index in [2.05, 4.69) is 5.32 Å².